The summed E-state index contributed by atoms with van der Waals surface area (Å²) in [5.41, 5.74) is -0.973. The summed E-state index contributed by atoms with van der Waals surface area (Å²) in [5, 5.41) is 10.2. The van der Waals surface area contributed by atoms with Crippen molar-refractivity contribution in [2.45, 2.75) is 26.9 Å². The first kappa shape index (κ1) is 7.07. The van der Waals surface area contributed by atoms with E-state index in [1.807, 2.05) is 0 Å². The van der Waals surface area contributed by atoms with Crippen LogP contribution in [0.5, 0.6) is 11.5 Å². The first-order valence-corrected chi connectivity index (χ1v) is 5.29. The van der Waals surface area contributed by atoms with Crippen LogP contribution in [-0.4, -0.2) is 18.0 Å². The summed E-state index contributed by atoms with van der Waals surface area (Å²) < 4.78 is 49.9. The van der Waals surface area contributed by atoms with Crippen LogP contribution in [0.25, 0.3) is 6.08 Å². The standard InChI is InChI=1S/C14H18O3/c1-14(2,3)13(15)7-5-10-4-6-11-12(8-10)17-9-16-11/h4-8,13,15H,9H2,1-3H3/b7-5+/i4D,6D,7D,8D,13D. The predicted octanol–water partition coefficient (Wildman–Crippen LogP) is 2.84. The third-order valence-corrected chi connectivity index (χ3v) is 2.24. The van der Waals surface area contributed by atoms with Crippen LogP contribution in [0, 0.1) is 5.41 Å². The summed E-state index contributed by atoms with van der Waals surface area (Å²) in [6.07, 6.45) is -1.12. The highest BCUT2D eigenvalue weighted by atomic mass is 16.7. The molecule has 3 nitrogen and oxygen atoms in total. The lowest BCUT2D eigenvalue weighted by molar-refractivity contribution is 0.106. The number of ether oxygens (including phenoxy) is 2. The Morgan fingerprint density at radius 1 is 1.47 bits per heavy atom. The van der Waals surface area contributed by atoms with Crippen molar-refractivity contribution in [2.75, 3.05) is 6.79 Å². The summed E-state index contributed by atoms with van der Waals surface area (Å²) >= 11 is 0. The fraction of sp³-hybridized carbons (Fsp3) is 0.429. The third-order valence-electron chi connectivity index (χ3n) is 2.24. The molecule has 0 aliphatic carbocycles. The second kappa shape index (κ2) is 4.41. The van der Waals surface area contributed by atoms with E-state index in [4.69, 9.17) is 16.3 Å². The van der Waals surface area contributed by atoms with E-state index in [0.717, 1.165) is 6.08 Å². The molecule has 0 aromatic heterocycles. The Labute approximate surface area is 109 Å². The molecule has 1 aromatic rings. The molecule has 1 aliphatic heterocycles. The molecule has 0 amide bonds. The average Bonchev–Trinajstić information content (AvgIpc) is 2.89. The first-order chi connectivity index (χ1) is 9.98. The molecule has 0 radical (unpaired) electrons. The zero-order valence-electron chi connectivity index (χ0n) is 15.0. The number of aliphatic hydroxyl groups is 1. The smallest absolute Gasteiger partial charge is 0.231 e. The Morgan fingerprint density at radius 3 is 2.88 bits per heavy atom. The van der Waals surface area contributed by atoms with Gasteiger partial charge >= 0.3 is 0 Å². The maximum atomic E-state index is 10.2. The highest BCUT2D eigenvalue weighted by Gasteiger charge is 2.19. The van der Waals surface area contributed by atoms with E-state index in [2.05, 4.69) is 0 Å². The van der Waals surface area contributed by atoms with Crippen molar-refractivity contribution in [3.63, 3.8) is 0 Å². The van der Waals surface area contributed by atoms with Crippen molar-refractivity contribution in [3.8, 4) is 11.5 Å². The van der Waals surface area contributed by atoms with Gasteiger partial charge in [0.05, 0.1) is 12.9 Å². The summed E-state index contributed by atoms with van der Waals surface area (Å²) in [5.74, 6) is 0.0833. The van der Waals surface area contributed by atoms with Crippen LogP contribution in [0.15, 0.2) is 24.2 Å². The van der Waals surface area contributed by atoms with E-state index in [9.17, 15) is 5.11 Å². The van der Waals surface area contributed by atoms with Gasteiger partial charge in [-0.25, -0.2) is 0 Å². The second-order valence-electron chi connectivity index (χ2n) is 4.74. The molecule has 2 rings (SSSR count). The maximum Gasteiger partial charge on any atom is 0.231 e. The molecule has 17 heavy (non-hydrogen) atoms. The second-order valence-corrected chi connectivity index (χ2v) is 4.74. The minimum Gasteiger partial charge on any atom is -0.454 e. The van der Waals surface area contributed by atoms with Gasteiger partial charge in [-0.3, -0.25) is 0 Å². The van der Waals surface area contributed by atoms with Gasteiger partial charge in [0.2, 0.25) is 6.79 Å². The number of rotatable bonds is 2. The molecule has 1 atom stereocenters. The number of hydrogen-bond acceptors (Lipinski definition) is 3. The molecule has 1 aromatic carbocycles. The molecule has 0 fully saturated rings. The molecule has 92 valence electrons. The van der Waals surface area contributed by atoms with Gasteiger partial charge in [0.25, 0.3) is 0 Å². The van der Waals surface area contributed by atoms with Crippen LogP contribution < -0.4 is 9.47 Å². The highest BCUT2D eigenvalue weighted by Crippen LogP contribution is 2.33. The summed E-state index contributed by atoms with van der Waals surface area (Å²) in [4.78, 5) is 0. The molecule has 1 N–H and O–H groups in total. The number of hydrogen-bond donors (Lipinski definition) is 1. The van der Waals surface area contributed by atoms with Crippen molar-refractivity contribution >= 4 is 6.08 Å². The summed E-state index contributed by atoms with van der Waals surface area (Å²) in [7, 11) is 0. The van der Waals surface area contributed by atoms with Gasteiger partial charge < -0.3 is 14.6 Å². The zero-order chi connectivity index (χ0) is 16.9. The first-order valence-electron chi connectivity index (χ1n) is 7.79. The van der Waals surface area contributed by atoms with Crippen molar-refractivity contribution in [3.05, 3.63) is 29.7 Å². The Bertz CT molecular complexity index is 647. The Kier molecular flexibility index (Phi) is 1.83. The SMILES string of the molecule is [2H]/C(=C\c1c([2H])c([2H])c2c(c1[2H])OCO2)C([2H])(O)C(C)(C)C. The lowest BCUT2D eigenvalue weighted by atomic mass is 9.89. The highest BCUT2D eigenvalue weighted by molar-refractivity contribution is 5.56. The van der Waals surface area contributed by atoms with Gasteiger partial charge in [-0.05, 0) is 23.1 Å². The molecular formula is C14H18O3. The van der Waals surface area contributed by atoms with Crippen molar-refractivity contribution in [1.29, 1.82) is 0 Å². The molecule has 1 heterocycles. The zero-order valence-corrected chi connectivity index (χ0v) is 10.0. The molecule has 0 spiro atoms. The lowest BCUT2D eigenvalue weighted by Crippen LogP contribution is -2.23. The minimum absolute atomic E-state index is 0.0376. The fourth-order valence-corrected chi connectivity index (χ4v) is 1.17. The molecule has 0 saturated heterocycles. The predicted molar refractivity (Wildman–Crippen MR) is 67.1 cm³/mol. The van der Waals surface area contributed by atoms with Crippen LogP contribution in [-0.2, 0) is 0 Å². The Morgan fingerprint density at radius 2 is 2.18 bits per heavy atom. The van der Waals surface area contributed by atoms with Crippen LogP contribution in [0.1, 0.15) is 33.2 Å². The van der Waals surface area contributed by atoms with Crippen molar-refractivity contribution in [2.24, 2.45) is 5.41 Å². The molecule has 1 aliphatic rings. The normalized spacial score (nSPS) is 23.1. The van der Waals surface area contributed by atoms with Crippen LogP contribution >= 0.6 is 0 Å². The fourth-order valence-electron chi connectivity index (χ4n) is 1.17. The lowest BCUT2D eigenvalue weighted by Gasteiger charge is -2.22. The van der Waals surface area contributed by atoms with Gasteiger partial charge in [0.15, 0.2) is 11.5 Å². The molecule has 3 heteroatoms. The Hall–Kier alpha value is -1.48. The van der Waals surface area contributed by atoms with Crippen LogP contribution in [0.2, 0.25) is 0 Å². The quantitative estimate of drug-likeness (QED) is 0.862. The molecule has 1 unspecified atom stereocenters. The largest absolute Gasteiger partial charge is 0.454 e. The van der Waals surface area contributed by atoms with E-state index in [1.54, 1.807) is 20.8 Å². The molecule has 0 bridgehead atoms. The van der Waals surface area contributed by atoms with E-state index < -0.39 is 17.5 Å². The van der Waals surface area contributed by atoms with Gasteiger partial charge in [-0.2, -0.15) is 0 Å². The number of fused-ring (bicyclic) bond motifs is 1. The topological polar surface area (TPSA) is 38.7 Å². The minimum atomic E-state index is -2.19. The number of benzene rings is 1. The van der Waals surface area contributed by atoms with Gasteiger partial charge in [-0.1, -0.05) is 38.9 Å². The molecular weight excluding hydrogens is 216 g/mol. The summed E-state index contributed by atoms with van der Waals surface area (Å²) in [6, 6.07) is -1.20. The molecule has 0 saturated carbocycles. The third kappa shape index (κ3) is 2.80. The van der Waals surface area contributed by atoms with Crippen molar-refractivity contribution < 1.29 is 21.4 Å². The van der Waals surface area contributed by atoms with E-state index >= 15 is 0 Å². The van der Waals surface area contributed by atoms with E-state index in [1.165, 1.54) is 0 Å². The van der Waals surface area contributed by atoms with Crippen LogP contribution in [0.4, 0.5) is 0 Å². The monoisotopic (exact) mass is 239 g/mol. The van der Waals surface area contributed by atoms with Crippen LogP contribution in [0.3, 0.4) is 0 Å². The maximum absolute atomic E-state index is 10.2. The summed E-state index contributed by atoms with van der Waals surface area (Å²) in [6.45, 7) is 4.71. The van der Waals surface area contributed by atoms with Gasteiger partial charge in [0, 0.05) is 0 Å². The van der Waals surface area contributed by atoms with Gasteiger partial charge in [0.1, 0.15) is 0 Å². The van der Waals surface area contributed by atoms with E-state index in [-0.39, 0.29) is 42.0 Å². The average molecular weight is 239 g/mol. The van der Waals surface area contributed by atoms with Crippen molar-refractivity contribution in [1.82, 2.24) is 0 Å². The Balaban J connectivity index is 2.60. The van der Waals surface area contributed by atoms with Gasteiger partial charge in [-0.15, -0.1) is 0 Å². The van der Waals surface area contributed by atoms with E-state index in [0.29, 0.717) is 0 Å².